The van der Waals surface area contributed by atoms with Gasteiger partial charge in [0.05, 0.1) is 13.2 Å². The predicted octanol–water partition coefficient (Wildman–Crippen LogP) is 3.10. The molecule has 0 radical (unpaired) electrons. The van der Waals surface area contributed by atoms with Gasteiger partial charge in [-0.2, -0.15) is 0 Å². The van der Waals surface area contributed by atoms with E-state index in [4.69, 9.17) is 9.47 Å². The maximum absolute atomic E-state index is 11.8. The molecule has 0 N–H and O–H groups in total. The second-order valence-corrected chi connectivity index (χ2v) is 9.07. The van der Waals surface area contributed by atoms with E-state index in [1.54, 1.807) is 0 Å². The first-order valence-corrected chi connectivity index (χ1v) is 12.7. The summed E-state index contributed by atoms with van der Waals surface area (Å²) in [6.07, 6.45) is 11.0. The van der Waals surface area contributed by atoms with Crippen molar-refractivity contribution in [3.63, 3.8) is 0 Å². The standard InChI is InChI=1S/C26H36N2O8.CH4/c1-20(14-18-35-25(33)8-4-2-6-16-27-21(29)10-11-22(27)30)15-19-36-26(34)9-5-3-7-17-28-23(31)12-13-24(28)32;/h10-13,20H,2-9,14-19H2,1H3;1H4. The van der Waals surface area contributed by atoms with E-state index in [1.807, 2.05) is 6.92 Å². The van der Waals surface area contributed by atoms with Gasteiger partial charge in [0.1, 0.15) is 0 Å². The van der Waals surface area contributed by atoms with Crippen molar-refractivity contribution in [1.82, 2.24) is 9.80 Å². The molecule has 0 aromatic rings. The number of hydrogen-bond acceptors (Lipinski definition) is 8. The molecule has 0 spiro atoms. The highest BCUT2D eigenvalue weighted by Gasteiger charge is 2.23. The van der Waals surface area contributed by atoms with Gasteiger partial charge in [0.15, 0.2) is 0 Å². The first-order valence-electron chi connectivity index (χ1n) is 12.7. The van der Waals surface area contributed by atoms with Crippen molar-refractivity contribution in [2.75, 3.05) is 26.3 Å². The number of carbonyl (C=O) groups is 6. The zero-order chi connectivity index (χ0) is 26.3. The second-order valence-electron chi connectivity index (χ2n) is 9.07. The monoisotopic (exact) mass is 520 g/mol. The minimum absolute atomic E-state index is 0. The maximum atomic E-state index is 11.8. The van der Waals surface area contributed by atoms with Crippen LogP contribution in [-0.2, 0) is 38.2 Å². The molecular formula is C27H40N2O8. The third kappa shape index (κ3) is 12.0. The van der Waals surface area contributed by atoms with Crippen LogP contribution >= 0.6 is 0 Å². The van der Waals surface area contributed by atoms with Crippen molar-refractivity contribution in [3.05, 3.63) is 24.3 Å². The molecule has 4 amide bonds. The molecule has 0 aromatic carbocycles. The number of ether oxygens (including phenoxy) is 2. The molecule has 0 atom stereocenters. The Kier molecular flexibility index (Phi) is 14.8. The fourth-order valence-electron chi connectivity index (χ4n) is 3.77. The van der Waals surface area contributed by atoms with E-state index >= 15 is 0 Å². The van der Waals surface area contributed by atoms with Gasteiger partial charge < -0.3 is 9.47 Å². The van der Waals surface area contributed by atoms with Crippen LogP contribution in [0.3, 0.4) is 0 Å². The zero-order valence-corrected chi connectivity index (χ0v) is 20.9. The number of rotatable bonds is 18. The summed E-state index contributed by atoms with van der Waals surface area (Å²) in [6, 6.07) is 0. The van der Waals surface area contributed by atoms with Gasteiger partial charge in [-0.3, -0.25) is 38.6 Å². The number of hydrogen-bond donors (Lipinski definition) is 0. The fourth-order valence-corrected chi connectivity index (χ4v) is 3.77. The van der Waals surface area contributed by atoms with Crippen LogP contribution in [0.25, 0.3) is 0 Å². The molecule has 2 heterocycles. The molecule has 0 fully saturated rings. The van der Waals surface area contributed by atoms with Crippen molar-refractivity contribution in [2.45, 2.75) is 78.6 Å². The smallest absolute Gasteiger partial charge is 0.305 e. The highest BCUT2D eigenvalue weighted by molar-refractivity contribution is 6.13. The molecule has 0 saturated carbocycles. The number of carbonyl (C=O) groups excluding carboxylic acids is 6. The SMILES string of the molecule is C.CC(CCOC(=O)CCCCCN1C(=O)C=CC1=O)CCOC(=O)CCCCCN1C(=O)C=CC1=O. The Balaban J connectivity index is 0.00000684. The Hall–Kier alpha value is -3.30. The molecule has 37 heavy (non-hydrogen) atoms. The lowest BCUT2D eigenvalue weighted by Gasteiger charge is -2.13. The summed E-state index contributed by atoms with van der Waals surface area (Å²) in [4.78, 5) is 71.9. The molecule has 2 rings (SSSR count). The van der Waals surface area contributed by atoms with E-state index in [1.165, 1.54) is 34.1 Å². The molecule has 2 aliphatic rings. The number of imide groups is 2. The molecule has 0 bridgehead atoms. The quantitative estimate of drug-likeness (QED) is 0.153. The Labute approximate surface area is 219 Å². The van der Waals surface area contributed by atoms with Crippen LogP contribution in [-0.4, -0.2) is 71.7 Å². The molecule has 0 aromatic heterocycles. The van der Waals surface area contributed by atoms with E-state index in [0.29, 0.717) is 77.7 Å². The first-order chi connectivity index (χ1) is 17.3. The maximum Gasteiger partial charge on any atom is 0.305 e. The van der Waals surface area contributed by atoms with Crippen LogP contribution in [0, 0.1) is 5.92 Å². The first kappa shape index (κ1) is 31.7. The molecule has 0 saturated heterocycles. The molecule has 2 aliphatic heterocycles. The molecule has 206 valence electrons. The van der Waals surface area contributed by atoms with E-state index in [2.05, 4.69) is 0 Å². The van der Waals surface area contributed by atoms with Gasteiger partial charge in [0.25, 0.3) is 23.6 Å². The average molecular weight is 521 g/mol. The normalized spacial score (nSPS) is 14.6. The highest BCUT2D eigenvalue weighted by Crippen LogP contribution is 2.12. The molecule has 0 aliphatic carbocycles. The summed E-state index contributed by atoms with van der Waals surface area (Å²) in [5, 5.41) is 0. The summed E-state index contributed by atoms with van der Waals surface area (Å²) in [5.41, 5.74) is 0. The van der Waals surface area contributed by atoms with Crippen LogP contribution in [0.5, 0.6) is 0 Å². The van der Waals surface area contributed by atoms with Gasteiger partial charge in [-0.05, 0) is 44.4 Å². The second kappa shape index (κ2) is 17.2. The minimum Gasteiger partial charge on any atom is -0.466 e. The van der Waals surface area contributed by atoms with Crippen molar-refractivity contribution in [2.24, 2.45) is 5.92 Å². The fraction of sp³-hybridized carbons (Fsp3) is 0.630. The van der Waals surface area contributed by atoms with Crippen molar-refractivity contribution in [3.8, 4) is 0 Å². The lowest BCUT2D eigenvalue weighted by molar-refractivity contribution is -0.145. The van der Waals surface area contributed by atoms with Crippen LogP contribution in [0.1, 0.15) is 78.6 Å². The van der Waals surface area contributed by atoms with Crippen LogP contribution in [0.2, 0.25) is 0 Å². The van der Waals surface area contributed by atoms with Gasteiger partial charge in [0, 0.05) is 50.2 Å². The lowest BCUT2D eigenvalue weighted by Crippen LogP contribution is -2.30. The summed E-state index contributed by atoms with van der Waals surface area (Å²) in [7, 11) is 0. The summed E-state index contributed by atoms with van der Waals surface area (Å²) in [6.45, 7) is 3.36. The Morgan fingerprint density at radius 3 is 1.35 bits per heavy atom. The van der Waals surface area contributed by atoms with E-state index in [-0.39, 0.29) is 48.9 Å². The van der Waals surface area contributed by atoms with Crippen LogP contribution in [0.15, 0.2) is 24.3 Å². The number of nitrogens with zero attached hydrogens (tertiary/aromatic N) is 2. The van der Waals surface area contributed by atoms with Crippen molar-refractivity contribution in [1.29, 1.82) is 0 Å². The summed E-state index contributed by atoms with van der Waals surface area (Å²) in [5.74, 6) is -1.45. The van der Waals surface area contributed by atoms with E-state index in [9.17, 15) is 28.8 Å². The topological polar surface area (TPSA) is 127 Å². The average Bonchev–Trinajstić information content (AvgIpc) is 3.33. The van der Waals surface area contributed by atoms with E-state index < -0.39 is 0 Å². The van der Waals surface area contributed by atoms with E-state index in [0.717, 1.165) is 12.8 Å². The largest absolute Gasteiger partial charge is 0.466 e. The Morgan fingerprint density at radius 2 is 1.00 bits per heavy atom. The predicted molar refractivity (Wildman–Crippen MR) is 136 cm³/mol. The zero-order valence-electron chi connectivity index (χ0n) is 20.9. The van der Waals surface area contributed by atoms with Crippen molar-refractivity contribution >= 4 is 35.6 Å². The Bertz CT molecular complexity index is 774. The van der Waals surface area contributed by atoms with Crippen molar-refractivity contribution < 1.29 is 38.2 Å². The Morgan fingerprint density at radius 1 is 0.649 bits per heavy atom. The third-order valence-corrected chi connectivity index (χ3v) is 6.07. The molecule has 0 unspecified atom stereocenters. The lowest BCUT2D eigenvalue weighted by atomic mass is 10.1. The van der Waals surface area contributed by atoms with Gasteiger partial charge >= 0.3 is 11.9 Å². The number of amides is 4. The van der Waals surface area contributed by atoms with Gasteiger partial charge in [-0.1, -0.05) is 27.2 Å². The molecular weight excluding hydrogens is 480 g/mol. The number of esters is 2. The summed E-state index contributed by atoms with van der Waals surface area (Å²) >= 11 is 0. The third-order valence-electron chi connectivity index (χ3n) is 6.07. The van der Waals surface area contributed by atoms with Gasteiger partial charge in [-0.15, -0.1) is 0 Å². The van der Waals surface area contributed by atoms with Gasteiger partial charge in [0.2, 0.25) is 0 Å². The number of unbranched alkanes of at least 4 members (excludes halogenated alkanes) is 4. The summed E-state index contributed by atoms with van der Waals surface area (Å²) < 4.78 is 10.5. The van der Waals surface area contributed by atoms with Crippen LogP contribution < -0.4 is 0 Å². The molecule has 10 nitrogen and oxygen atoms in total. The van der Waals surface area contributed by atoms with Crippen LogP contribution in [0.4, 0.5) is 0 Å². The molecule has 10 heteroatoms. The highest BCUT2D eigenvalue weighted by atomic mass is 16.5. The minimum atomic E-state index is -0.288. The van der Waals surface area contributed by atoms with Gasteiger partial charge in [-0.25, -0.2) is 0 Å².